The van der Waals surface area contributed by atoms with Crippen molar-refractivity contribution in [3.63, 3.8) is 0 Å². The molecule has 0 spiro atoms. The third-order valence-corrected chi connectivity index (χ3v) is 4.90. The van der Waals surface area contributed by atoms with E-state index < -0.39 is 5.97 Å². The largest absolute Gasteiger partial charge is 0.465 e. The maximum Gasteiger partial charge on any atom is 0.340 e. The number of pyridine rings is 3. The van der Waals surface area contributed by atoms with Gasteiger partial charge in [0.2, 0.25) is 0 Å². The molecule has 4 heterocycles. The van der Waals surface area contributed by atoms with E-state index in [4.69, 9.17) is 10.5 Å². The van der Waals surface area contributed by atoms with Crippen molar-refractivity contribution in [3.8, 4) is 22.4 Å². The molecule has 0 radical (unpaired) electrons. The monoisotopic (exact) mass is 416 g/mol. The van der Waals surface area contributed by atoms with E-state index in [1.54, 1.807) is 50.9 Å². The van der Waals surface area contributed by atoms with Gasteiger partial charge in [0.1, 0.15) is 11.5 Å². The molecule has 9 heteroatoms. The number of H-pyrrole nitrogens is 1. The van der Waals surface area contributed by atoms with Crippen LogP contribution in [0, 0.1) is 0 Å². The van der Waals surface area contributed by atoms with Crippen LogP contribution in [-0.2, 0) is 4.74 Å². The maximum absolute atomic E-state index is 12.2. The van der Waals surface area contributed by atoms with Crippen LogP contribution < -0.4 is 5.73 Å². The highest BCUT2D eigenvalue weighted by Gasteiger charge is 2.18. The number of hydrogen-bond acceptors (Lipinski definition) is 7. The summed E-state index contributed by atoms with van der Waals surface area (Å²) in [5.74, 6) is -0.302. The van der Waals surface area contributed by atoms with Crippen molar-refractivity contribution < 1.29 is 14.3 Å². The van der Waals surface area contributed by atoms with Gasteiger partial charge in [0.05, 0.1) is 23.9 Å². The lowest BCUT2D eigenvalue weighted by Gasteiger charge is -2.12. The normalized spacial score (nSPS) is 10.8. The number of nitrogens with one attached hydrogen (secondary N) is 1. The topological polar surface area (TPSA) is 127 Å². The number of nitrogens with two attached hydrogens (primary N) is 1. The summed E-state index contributed by atoms with van der Waals surface area (Å²) in [4.78, 5) is 41.8. The molecule has 3 N–H and O–H groups in total. The molecule has 0 atom stereocenters. The summed E-state index contributed by atoms with van der Waals surface area (Å²) in [5.41, 5.74) is 10.2. The van der Waals surface area contributed by atoms with E-state index in [9.17, 15) is 9.59 Å². The number of amides is 1. The molecule has 0 unspecified atom stereocenters. The van der Waals surface area contributed by atoms with Crippen molar-refractivity contribution in [2.24, 2.45) is 0 Å². The van der Waals surface area contributed by atoms with Crippen LogP contribution in [0.4, 0.5) is 5.82 Å². The van der Waals surface area contributed by atoms with Crippen LogP contribution in [0.25, 0.3) is 33.4 Å². The Morgan fingerprint density at radius 2 is 1.87 bits per heavy atom. The number of carbonyl (C=O) groups excluding carboxylic acids is 2. The Bertz CT molecular complexity index is 1290. The molecule has 9 nitrogen and oxygen atoms in total. The van der Waals surface area contributed by atoms with E-state index in [2.05, 4.69) is 19.9 Å². The van der Waals surface area contributed by atoms with Crippen molar-refractivity contribution in [1.82, 2.24) is 24.8 Å². The Hall–Kier alpha value is -4.27. The second-order valence-electron chi connectivity index (χ2n) is 7.06. The van der Waals surface area contributed by atoms with Crippen molar-refractivity contribution in [3.05, 3.63) is 60.2 Å². The number of esters is 1. The summed E-state index contributed by atoms with van der Waals surface area (Å²) < 4.78 is 4.89. The highest BCUT2D eigenvalue weighted by atomic mass is 16.5. The average Bonchev–Trinajstić information content (AvgIpc) is 3.23. The second kappa shape index (κ2) is 7.86. The zero-order valence-corrected chi connectivity index (χ0v) is 17.2. The van der Waals surface area contributed by atoms with Crippen molar-refractivity contribution >= 4 is 28.7 Å². The van der Waals surface area contributed by atoms with Crippen LogP contribution in [-0.4, -0.2) is 57.9 Å². The molecule has 156 valence electrons. The number of anilines is 1. The zero-order chi connectivity index (χ0) is 22.1. The van der Waals surface area contributed by atoms with Gasteiger partial charge in [0.15, 0.2) is 0 Å². The van der Waals surface area contributed by atoms with E-state index in [0.29, 0.717) is 39.2 Å². The van der Waals surface area contributed by atoms with Crippen LogP contribution in [0.3, 0.4) is 0 Å². The Morgan fingerprint density at radius 3 is 2.55 bits per heavy atom. The lowest BCUT2D eigenvalue weighted by molar-refractivity contribution is 0.0603. The minimum Gasteiger partial charge on any atom is -0.465 e. The molecule has 0 saturated heterocycles. The summed E-state index contributed by atoms with van der Waals surface area (Å²) in [7, 11) is 4.69. The first kappa shape index (κ1) is 20.0. The van der Waals surface area contributed by atoms with E-state index in [1.165, 1.54) is 18.2 Å². The number of aromatic nitrogens is 4. The second-order valence-corrected chi connectivity index (χ2v) is 7.06. The fourth-order valence-corrected chi connectivity index (χ4v) is 3.33. The molecule has 31 heavy (non-hydrogen) atoms. The van der Waals surface area contributed by atoms with Gasteiger partial charge in [-0.1, -0.05) is 0 Å². The molecular formula is C22H20N6O3. The van der Waals surface area contributed by atoms with Gasteiger partial charge in [-0.25, -0.2) is 14.8 Å². The smallest absolute Gasteiger partial charge is 0.340 e. The maximum atomic E-state index is 12.2. The number of nitrogen functional groups attached to an aromatic ring is 1. The van der Waals surface area contributed by atoms with E-state index in [1.807, 2.05) is 6.07 Å². The van der Waals surface area contributed by atoms with Gasteiger partial charge in [0, 0.05) is 55.4 Å². The number of rotatable bonds is 4. The Balaban J connectivity index is 1.82. The van der Waals surface area contributed by atoms with Gasteiger partial charge in [-0.05, 0) is 29.8 Å². The third-order valence-electron chi connectivity index (χ3n) is 4.90. The number of nitrogens with zero attached hydrogens (tertiary/aromatic N) is 4. The molecule has 0 bridgehead atoms. The minimum atomic E-state index is -0.466. The molecule has 0 aliphatic rings. The van der Waals surface area contributed by atoms with Crippen LogP contribution in [0.5, 0.6) is 0 Å². The van der Waals surface area contributed by atoms with Crippen LogP contribution in [0.1, 0.15) is 20.7 Å². The van der Waals surface area contributed by atoms with Gasteiger partial charge in [-0.15, -0.1) is 0 Å². The molecular weight excluding hydrogens is 396 g/mol. The van der Waals surface area contributed by atoms with Crippen molar-refractivity contribution in [2.75, 3.05) is 26.9 Å². The summed E-state index contributed by atoms with van der Waals surface area (Å²) in [6, 6.07) is 7.07. The quantitative estimate of drug-likeness (QED) is 0.490. The summed E-state index contributed by atoms with van der Waals surface area (Å²) in [6.45, 7) is 0. The SMILES string of the molecule is COC(=O)c1c[nH]c2nccc(-c3cnc(N)c(-c4ccc(C(=O)N(C)C)cn4)c3)c12. The average molecular weight is 416 g/mol. The standard InChI is InChI=1S/C22H20N6O3/c1-28(2)21(29)12-4-5-17(25-9-12)15-8-13(10-26-19(15)23)14-6-7-24-20-18(14)16(11-27-20)22(30)31-3/h4-11H,1-3H3,(H2,23,26)(H,24,27). The summed E-state index contributed by atoms with van der Waals surface area (Å²) >= 11 is 0. The number of methoxy groups -OCH3 is 1. The highest BCUT2D eigenvalue weighted by Crippen LogP contribution is 2.33. The zero-order valence-electron chi connectivity index (χ0n) is 17.2. The minimum absolute atomic E-state index is 0.138. The fourth-order valence-electron chi connectivity index (χ4n) is 3.33. The van der Waals surface area contributed by atoms with Crippen molar-refractivity contribution in [2.45, 2.75) is 0 Å². The Morgan fingerprint density at radius 1 is 1.06 bits per heavy atom. The van der Waals surface area contributed by atoms with Gasteiger partial charge in [0.25, 0.3) is 5.91 Å². The number of fused-ring (bicyclic) bond motifs is 1. The fraction of sp³-hybridized carbons (Fsp3) is 0.136. The van der Waals surface area contributed by atoms with Crippen LogP contribution >= 0.6 is 0 Å². The molecule has 4 aromatic heterocycles. The van der Waals surface area contributed by atoms with E-state index >= 15 is 0 Å². The predicted molar refractivity (Wildman–Crippen MR) is 116 cm³/mol. The van der Waals surface area contributed by atoms with Gasteiger partial charge < -0.3 is 20.4 Å². The van der Waals surface area contributed by atoms with Gasteiger partial charge in [-0.3, -0.25) is 9.78 Å². The van der Waals surface area contributed by atoms with Gasteiger partial charge >= 0.3 is 5.97 Å². The van der Waals surface area contributed by atoms with E-state index in [0.717, 1.165) is 11.1 Å². The molecule has 0 fully saturated rings. The molecule has 0 aliphatic heterocycles. The Kier molecular flexibility index (Phi) is 5.08. The van der Waals surface area contributed by atoms with Crippen molar-refractivity contribution in [1.29, 1.82) is 0 Å². The number of hydrogen-bond donors (Lipinski definition) is 2. The predicted octanol–water partition coefficient (Wildman–Crippen LogP) is 2.76. The third kappa shape index (κ3) is 3.57. The number of aromatic amines is 1. The highest BCUT2D eigenvalue weighted by molar-refractivity contribution is 6.09. The number of ether oxygens (including phenoxy) is 1. The van der Waals surface area contributed by atoms with Crippen LogP contribution in [0.2, 0.25) is 0 Å². The number of carbonyl (C=O) groups is 2. The molecule has 4 rings (SSSR count). The summed E-state index contributed by atoms with van der Waals surface area (Å²) in [5, 5.41) is 0.631. The lowest BCUT2D eigenvalue weighted by atomic mass is 10.00. The molecule has 0 aromatic carbocycles. The van der Waals surface area contributed by atoms with Crippen LogP contribution in [0.15, 0.2) is 49.1 Å². The first-order valence-corrected chi connectivity index (χ1v) is 9.39. The first-order chi connectivity index (χ1) is 14.9. The molecule has 1 amide bonds. The molecule has 0 saturated carbocycles. The summed E-state index contributed by atoms with van der Waals surface area (Å²) in [6.07, 6.45) is 6.35. The van der Waals surface area contributed by atoms with E-state index in [-0.39, 0.29) is 5.91 Å². The molecule has 0 aliphatic carbocycles. The van der Waals surface area contributed by atoms with Gasteiger partial charge in [-0.2, -0.15) is 0 Å². The lowest BCUT2D eigenvalue weighted by Crippen LogP contribution is -2.21. The molecule has 4 aromatic rings. The Labute approximate surface area is 177 Å². The first-order valence-electron chi connectivity index (χ1n) is 9.39.